The number of hydrogen-bond acceptors (Lipinski definition) is 6. The molecule has 2 heterocycles. The number of rotatable bonds is 7. The average Bonchev–Trinajstić information content (AvgIpc) is 3.18. The molecule has 2 N–H and O–H groups in total. The number of para-hydroxylation sites is 2. The molecule has 4 rings (SSSR count). The smallest absolute Gasteiger partial charge is 0.407 e. The van der Waals surface area contributed by atoms with Crippen molar-refractivity contribution in [2.24, 2.45) is 11.7 Å². The van der Waals surface area contributed by atoms with Crippen LogP contribution in [0.3, 0.4) is 0 Å². The Labute approximate surface area is 196 Å². The molecule has 0 bridgehead atoms. The molecule has 1 aliphatic rings. The van der Waals surface area contributed by atoms with E-state index in [1.165, 1.54) is 0 Å². The van der Waals surface area contributed by atoms with Crippen LogP contribution in [-0.4, -0.2) is 65.4 Å². The van der Waals surface area contributed by atoms with Gasteiger partial charge >= 0.3 is 5.76 Å². The van der Waals surface area contributed by atoms with Gasteiger partial charge in [0.2, 0.25) is 11.8 Å². The van der Waals surface area contributed by atoms with Crippen LogP contribution in [0.15, 0.2) is 57.7 Å². The van der Waals surface area contributed by atoms with Crippen molar-refractivity contribution >= 4 is 34.5 Å². The lowest BCUT2D eigenvalue weighted by molar-refractivity contribution is -0.137. The fraction of sp³-hybridized carbons (Fsp3) is 0.375. The van der Waals surface area contributed by atoms with Crippen LogP contribution in [0.25, 0.3) is 11.1 Å². The molecule has 33 heavy (non-hydrogen) atoms. The molecule has 0 aliphatic carbocycles. The molecule has 0 spiro atoms. The van der Waals surface area contributed by atoms with E-state index in [9.17, 15) is 14.4 Å². The van der Waals surface area contributed by atoms with Crippen LogP contribution in [0.1, 0.15) is 16.8 Å². The minimum atomic E-state index is -0.662. The first-order valence-electron chi connectivity index (χ1n) is 11.1. The summed E-state index contributed by atoms with van der Waals surface area (Å²) >= 11 is 5.94. The summed E-state index contributed by atoms with van der Waals surface area (Å²) in [6.45, 7) is 3.29. The third-order valence-electron chi connectivity index (χ3n) is 6.09. The highest BCUT2D eigenvalue weighted by molar-refractivity contribution is 6.30. The predicted molar refractivity (Wildman–Crippen MR) is 126 cm³/mol. The Morgan fingerprint density at radius 3 is 2.42 bits per heavy atom. The molecule has 1 amide bonds. The number of benzene rings is 2. The van der Waals surface area contributed by atoms with Crippen LogP contribution in [0, 0.1) is 5.92 Å². The van der Waals surface area contributed by atoms with Gasteiger partial charge in [0.05, 0.1) is 11.4 Å². The van der Waals surface area contributed by atoms with Crippen LogP contribution in [0.4, 0.5) is 0 Å². The van der Waals surface area contributed by atoms with Crippen molar-refractivity contribution in [2.75, 3.05) is 39.3 Å². The molecule has 3 aromatic rings. The van der Waals surface area contributed by atoms with Crippen molar-refractivity contribution in [1.82, 2.24) is 14.4 Å². The molecular weight excluding hydrogens is 444 g/mol. The number of carbonyl (C=O) groups excluding carboxylic acids is 2. The summed E-state index contributed by atoms with van der Waals surface area (Å²) in [7, 11) is 0. The molecule has 174 valence electrons. The molecule has 1 fully saturated rings. The van der Waals surface area contributed by atoms with Gasteiger partial charge in [0.15, 0.2) is 5.58 Å². The van der Waals surface area contributed by atoms with Gasteiger partial charge in [0, 0.05) is 50.7 Å². The van der Waals surface area contributed by atoms with Gasteiger partial charge in [-0.05, 0) is 36.2 Å². The number of carbonyl (C=O) groups is 2. The summed E-state index contributed by atoms with van der Waals surface area (Å²) in [5.41, 5.74) is 7.82. The predicted octanol–water partition coefficient (Wildman–Crippen LogP) is 2.24. The standard InChI is InChI=1S/C24H27ClN4O4/c25-19-7-5-17(6-8-19)15-18(16-26)23(31)28-13-11-27(12-14-28)10-9-22(30)29-20-3-1-2-4-21(20)33-24(29)32/h1-8,18H,9-16,26H2. The van der Waals surface area contributed by atoms with Crippen LogP contribution < -0.4 is 11.5 Å². The Morgan fingerprint density at radius 1 is 1.03 bits per heavy atom. The Hall–Kier alpha value is -2.94. The first-order chi connectivity index (χ1) is 16.0. The van der Waals surface area contributed by atoms with Gasteiger partial charge in [-0.25, -0.2) is 9.36 Å². The van der Waals surface area contributed by atoms with E-state index in [4.69, 9.17) is 21.8 Å². The van der Waals surface area contributed by atoms with Crippen LogP contribution in [-0.2, 0) is 11.2 Å². The topological polar surface area (TPSA) is 102 Å². The van der Waals surface area contributed by atoms with Crippen molar-refractivity contribution < 1.29 is 14.0 Å². The summed E-state index contributed by atoms with van der Waals surface area (Å²) in [5, 5.41) is 0.662. The van der Waals surface area contributed by atoms with Crippen LogP contribution in [0.5, 0.6) is 0 Å². The van der Waals surface area contributed by atoms with Crippen molar-refractivity contribution in [2.45, 2.75) is 12.8 Å². The number of amides is 1. The largest absolute Gasteiger partial charge is 0.426 e. The van der Waals surface area contributed by atoms with Crippen molar-refractivity contribution in [3.8, 4) is 0 Å². The first kappa shape index (κ1) is 23.2. The fourth-order valence-electron chi connectivity index (χ4n) is 4.19. The Bertz CT molecular complexity index is 1180. The second kappa shape index (κ2) is 10.3. The molecule has 1 atom stereocenters. The van der Waals surface area contributed by atoms with E-state index in [2.05, 4.69) is 4.90 Å². The molecule has 2 aromatic carbocycles. The Kier molecular flexibility index (Phi) is 7.27. The number of fused-ring (bicyclic) bond motifs is 1. The van der Waals surface area contributed by atoms with Crippen LogP contribution in [0.2, 0.25) is 5.02 Å². The van der Waals surface area contributed by atoms with Gasteiger partial charge in [-0.3, -0.25) is 14.5 Å². The highest BCUT2D eigenvalue weighted by Crippen LogP contribution is 2.16. The Morgan fingerprint density at radius 2 is 1.73 bits per heavy atom. The second-order valence-corrected chi connectivity index (χ2v) is 8.68. The summed E-state index contributed by atoms with van der Waals surface area (Å²) in [6, 6.07) is 14.3. The molecule has 1 unspecified atom stereocenters. The van der Waals surface area contributed by atoms with E-state index < -0.39 is 5.76 Å². The van der Waals surface area contributed by atoms with Gasteiger partial charge in [0.25, 0.3) is 0 Å². The summed E-state index contributed by atoms with van der Waals surface area (Å²) in [5.74, 6) is -1.18. The maximum atomic E-state index is 13.0. The number of halogens is 1. The van der Waals surface area contributed by atoms with Crippen molar-refractivity contribution in [1.29, 1.82) is 0 Å². The van der Waals surface area contributed by atoms with E-state index in [0.717, 1.165) is 10.1 Å². The van der Waals surface area contributed by atoms with E-state index in [1.807, 2.05) is 29.2 Å². The number of hydrogen-bond donors (Lipinski definition) is 1. The average molecular weight is 471 g/mol. The molecule has 0 saturated carbocycles. The van der Waals surface area contributed by atoms with Gasteiger partial charge < -0.3 is 15.1 Å². The normalized spacial score (nSPS) is 15.6. The zero-order valence-corrected chi connectivity index (χ0v) is 19.0. The SMILES string of the molecule is NCC(Cc1ccc(Cl)cc1)C(=O)N1CCN(CCC(=O)n2c(=O)oc3ccccc32)CC1. The Balaban J connectivity index is 1.29. The van der Waals surface area contributed by atoms with E-state index >= 15 is 0 Å². The molecule has 8 nitrogen and oxygen atoms in total. The lowest BCUT2D eigenvalue weighted by Gasteiger charge is -2.36. The van der Waals surface area contributed by atoms with Gasteiger partial charge in [-0.2, -0.15) is 0 Å². The lowest BCUT2D eigenvalue weighted by atomic mass is 9.97. The second-order valence-electron chi connectivity index (χ2n) is 8.24. The monoisotopic (exact) mass is 470 g/mol. The quantitative estimate of drug-likeness (QED) is 0.568. The molecule has 0 radical (unpaired) electrons. The van der Waals surface area contributed by atoms with Gasteiger partial charge in [-0.15, -0.1) is 0 Å². The number of nitrogens with two attached hydrogens (primary N) is 1. The van der Waals surface area contributed by atoms with E-state index in [1.54, 1.807) is 24.3 Å². The zero-order valence-electron chi connectivity index (χ0n) is 18.3. The van der Waals surface area contributed by atoms with E-state index in [-0.39, 0.29) is 30.7 Å². The number of aromatic nitrogens is 1. The highest BCUT2D eigenvalue weighted by atomic mass is 35.5. The maximum absolute atomic E-state index is 13.0. The van der Waals surface area contributed by atoms with Crippen molar-refractivity contribution in [3.63, 3.8) is 0 Å². The lowest BCUT2D eigenvalue weighted by Crippen LogP contribution is -2.51. The maximum Gasteiger partial charge on any atom is 0.426 e. The number of piperazine rings is 1. The molecule has 1 saturated heterocycles. The summed E-state index contributed by atoms with van der Waals surface area (Å²) in [4.78, 5) is 41.7. The third-order valence-corrected chi connectivity index (χ3v) is 6.34. The minimum absolute atomic E-state index is 0.0552. The zero-order chi connectivity index (χ0) is 23.4. The third kappa shape index (κ3) is 5.35. The molecule has 9 heteroatoms. The summed E-state index contributed by atoms with van der Waals surface area (Å²) in [6.07, 6.45) is 0.772. The van der Waals surface area contributed by atoms with Crippen LogP contribution >= 0.6 is 11.6 Å². The molecular formula is C24H27ClN4O4. The summed E-state index contributed by atoms with van der Waals surface area (Å²) < 4.78 is 6.24. The molecule has 1 aliphatic heterocycles. The fourth-order valence-corrected chi connectivity index (χ4v) is 4.32. The van der Waals surface area contributed by atoms with Gasteiger partial charge in [-0.1, -0.05) is 35.9 Å². The first-order valence-corrected chi connectivity index (χ1v) is 11.4. The minimum Gasteiger partial charge on any atom is -0.407 e. The molecule has 1 aromatic heterocycles. The number of nitrogens with zero attached hydrogens (tertiary/aromatic N) is 3. The van der Waals surface area contributed by atoms with Crippen molar-refractivity contribution in [3.05, 3.63) is 69.7 Å². The highest BCUT2D eigenvalue weighted by Gasteiger charge is 2.27. The number of oxazole rings is 1. The van der Waals surface area contributed by atoms with E-state index in [0.29, 0.717) is 55.3 Å². The van der Waals surface area contributed by atoms with Gasteiger partial charge in [0.1, 0.15) is 0 Å².